The lowest BCUT2D eigenvalue weighted by Gasteiger charge is -2.34. The minimum atomic E-state index is -0.251. The number of nitrogens with one attached hydrogen (secondary N) is 1. The van der Waals surface area contributed by atoms with E-state index in [0.29, 0.717) is 24.2 Å². The summed E-state index contributed by atoms with van der Waals surface area (Å²) in [5.41, 5.74) is 0.908. The fourth-order valence-electron chi connectivity index (χ4n) is 3.02. The smallest absolute Gasteiger partial charge is 0.254 e. The SMILES string of the molecule is O=C(c1cc(=O)[nH]c2ccccc12)N1CCN(c2nccs2)CC1. The molecule has 1 amide bonds. The standard InChI is InChI=1S/C17H16N4O2S/c22-15-11-13(12-3-1-2-4-14(12)19-15)16(23)20-6-8-21(9-7-20)17-18-5-10-24-17/h1-5,10-11H,6-9H2,(H,19,22). The van der Waals surface area contributed by atoms with Crippen LogP contribution in [-0.2, 0) is 0 Å². The summed E-state index contributed by atoms with van der Waals surface area (Å²) >= 11 is 1.61. The van der Waals surface area contributed by atoms with Crippen LogP contribution in [0, 0.1) is 0 Å². The van der Waals surface area contributed by atoms with Crippen LogP contribution in [0.25, 0.3) is 10.9 Å². The number of anilines is 1. The first-order valence-electron chi connectivity index (χ1n) is 7.78. The average Bonchev–Trinajstić information content (AvgIpc) is 3.15. The summed E-state index contributed by atoms with van der Waals surface area (Å²) < 4.78 is 0. The number of thiazole rings is 1. The van der Waals surface area contributed by atoms with Gasteiger partial charge in [0.25, 0.3) is 5.91 Å². The second-order valence-corrected chi connectivity index (χ2v) is 6.56. The highest BCUT2D eigenvalue weighted by molar-refractivity contribution is 7.13. The van der Waals surface area contributed by atoms with Crippen LogP contribution in [0.1, 0.15) is 10.4 Å². The van der Waals surface area contributed by atoms with Crippen LogP contribution < -0.4 is 10.5 Å². The molecule has 3 aromatic rings. The number of carbonyl (C=O) groups excluding carboxylic acids is 1. The number of pyridine rings is 1. The Hall–Kier alpha value is -2.67. The monoisotopic (exact) mass is 340 g/mol. The number of benzene rings is 1. The van der Waals surface area contributed by atoms with Gasteiger partial charge >= 0.3 is 0 Å². The molecule has 1 aromatic carbocycles. The Balaban J connectivity index is 1.58. The lowest BCUT2D eigenvalue weighted by molar-refractivity contribution is 0.0748. The maximum absolute atomic E-state index is 12.9. The fourth-order valence-corrected chi connectivity index (χ4v) is 3.72. The number of fused-ring (bicyclic) bond motifs is 1. The van der Waals surface area contributed by atoms with E-state index in [4.69, 9.17) is 0 Å². The number of H-pyrrole nitrogens is 1. The van der Waals surface area contributed by atoms with Gasteiger partial charge in [-0.15, -0.1) is 11.3 Å². The number of amides is 1. The second kappa shape index (κ2) is 6.09. The molecule has 1 aliphatic rings. The first kappa shape index (κ1) is 14.9. The van der Waals surface area contributed by atoms with E-state index in [1.165, 1.54) is 6.07 Å². The van der Waals surface area contributed by atoms with Crippen molar-refractivity contribution in [1.82, 2.24) is 14.9 Å². The van der Waals surface area contributed by atoms with Crippen molar-refractivity contribution < 1.29 is 4.79 Å². The molecule has 0 saturated carbocycles. The van der Waals surface area contributed by atoms with Crippen LogP contribution >= 0.6 is 11.3 Å². The van der Waals surface area contributed by atoms with E-state index in [1.54, 1.807) is 17.5 Å². The van der Waals surface area contributed by atoms with Crippen molar-refractivity contribution in [2.45, 2.75) is 0 Å². The zero-order valence-electron chi connectivity index (χ0n) is 12.9. The predicted molar refractivity (Wildman–Crippen MR) is 94.8 cm³/mol. The lowest BCUT2D eigenvalue weighted by atomic mass is 10.1. The van der Waals surface area contributed by atoms with Gasteiger partial charge < -0.3 is 14.8 Å². The number of hydrogen-bond donors (Lipinski definition) is 1. The first-order chi connectivity index (χ1) is 11.7. The molecule has 0 spiro atoms. The van der Waals surface area contributed by atoms with Crippen LogP contribution in [0.2, 0.25) is 0 Å². The second-order valence-electron chi connectivity index (χ2n) is 5.69. The Kier molecular flexibility index (Phi) is 3.78. The number of para-hydroxylation sites is 1. The number of hydrogen-bond acceptors (Lipinski definition) is 5. The minimum absolute atomic E-state index is 0.0870. The zero-order chi connectivity index (χ0) is 16.5. The van der Waals surface area contributed by atoms with Crippen LogP contribution in [0.15, 0.2) is 46.7 Å². The Bertz CT molecular complexity index is 927. The van der Waals surface area contributed by atoms with E-state index < -0.39 is 0 Å². The van der Waals surface area contributed by atoms with E-state index in [0.717, 1.165) is 23.6 Å². The van der Waals surface area contributed by atoms with Gasteiger partial charge in [-0.25, -0.2) is 4.98 Å². The number of aromatic nitrogens is 2. The van der Waals surface area contributed by atoms with E-state index in [-0.39, 0.29) is 11.5 Å². The van der Waals surface area contributed by atoms with Crippen molar-refractivity contribution in [3.05, 3.63) is 57.8 Å². The number of carbonyl (C=O) groups is 1. The highest BCUT2D eigenvalue weighted by Crippen LogP contribution is 2.21. The average molecular weight is 340 g/mol. The van der Waals surface area contributed by atoms with Crippen molar-refractivity contribution in [3.8, 4) is 0 Å². The van der Waals surface area contributed by atoms with Crippen molar-refractivity contribution in [1.29, 1.82) is 0 Å². The third-order valence-electron chi connectivity index (χ3n) is 4.24. The summed E-state index contributed by atoms with van der Waals surface area (Å²) in [5.74, 6) is -0.0870. The molecule has 0 unspecified atom stereocenters. The van der Waals surface area contributed by atoms with Crippen LogP contribution in [0.5, 0.6) is 0 Å². The van der Waals surface area contributed by atoms with Crippen molar-refractivity contribution >= 4 is 33.3 Å². The molecule has 0 atom stereocenters. The van der Waals surface area contributed by atoms with E-state index >= 15 is 0 Å². The van der Waals surface area contributed by atoms with Gasteiger partial charge in [0, 0.05) is 54.7 Å². The normalized spacial score (nSPS) is 15.0. The fraction of sp³-hybridized carbons (Fsp3) is 0.235. The Labute approximate surface area is 142 Å². The summed E-state index contributed by atoms with van der Waals surface area (Å²) in [6.07, 6.45) is 1.79. The summed E-state index contributed by atoms with van der Waals surface area (Å²) in [6.45, 7) is 2.75. The maximum Gasteiger partial charge on any atom is 0.254 e. The van der Waals surface area contributed by atoms with Gasteiger partial charge in [-0.1, -0.05) is 18.2 Å². The summed E-state index contributed by atoms with van der Waals surface area (Å²) in [5, 5.41) is 3.73. The Morgan fingerprint density at radius 1 is 1.17 bits per heavy atom. The molecule has 3 heterocycles. The molecule has 0 aliphatic carbocycles. The number of piperazine rings is 1. The third kappa shape index (κ3) is 2.67. The molecule has 2 aromatic heterocycles. The summed E-state index contributed by atoms with van der Waals surface area (Å²) in [6, 6.07) is 8.80. The highest BCUT2D eigenvalue weighted by Gasteiger charge is 2.24. The number of rotatable bonds is 2. The molecular weight excluding hydrogens is 324 g/mol. The molecular formula is C17H16N4O2S. The molecule has 0 radical (unpaired) electrons. The van der Waals surface area contributed by atoms with Gasteiger partial charge in [-0.2, -0.15) is 0 Å². The molecule has 1 fully saturated rings. The molecule has 7 heteroatoms. The van der Waals surface area contributed by atoms with Gasteiger partial charge in [-0.05, 0) is 6.07 Å². The first-order valence-corrected chi connectivity index (χ1v) is 8.66. The topological polar surface area (TPSA) is 69.3 Å². The molecule has 1 aliphatic heterocycles. The molecule has 24 heavy (non-hydrogen) atoms. The van der Waals surface area contributed by atoms with Gasteiger partial charge in [-0.3, -0.25) is 9.59 Å². The molecule has 1 N–H and O–H groups in total. The van der Waals surface area contributed by atoms with Crippen LogP contribution in [-0.4, -0.2) is 47.0 Å². The largest absolute Gasteiger partial charge is 0.345 e. The molecule has 122 valence electrons. The highest BCUT2D eigenvalue weighted by atomic mass is 32.1. The molecule has 4 rings (SSSR count). The minimum Gasteiger partial charge on any atom is -0.345 e. The molecule has 0 bridgehead atoms. The maximum atomic E-state index is 12.9. The van der Waals surface area contributed by atoms with E-state index in [2.05, 4.69) is 14.9 Å². The van der Waals surface area contributed by atoms with Crippen molar-refractivity contribution in [3.63, 3.8) is 0 Å². The van der Waals surface area contributed by atoms with Crippen molar-refractivity contribution in [2.75, 3.05) is 31.1 Å². The van der Waals surface area contributed by atoms with Gasteiger partial charge in [0.15, 0.2) is 5.13 Å². The summed E-state index contributed by atoms with van der Waals surface area (Å²) in [7, 11) is 0. The van der Waals surface area contributed by atoms with Crippen LogP contribution in [0.3, 0.4) is 0 Å². The Morgan fingerprint density at radius 2 is 1.96 bits per heavy atom. The Morgan fingerprint density at radius 3 is 2.71 bits per heavy atom. The number of aromatic amines is 1. The van der Waals surface area contributed by atoms with Gasteiger partial charge in [0.1, 0.15) is 0 Å². The third-order valence-corrected chi connectivity index (χ3v) is 5.07. The van der Waals surface area contributed by atoms with Crippen LogP contribution in [0.4, 0.5) is 5.13 Å². The number of nitrogens with zero attached hydrogens (tertiary/aromatic N) is 3. The van der Waals surface area contributed by atoms with Gasteiger partial charge in [0.2, 0.25) is 5.56 Å². The lowest BCUT2D eigenvalue weighted by Crippen LogP contribution is -2.49. The van der Waals surface area contributed by atoms with Gasteiger partial charge in [0.05, 0.1) is 5.56 Å². The zero-order valence-corrected chi connectivity index (χ0v) is 13.8. The predicted octanol–water partition coefficient (Wildman–Crippen LogP) is 1.95. The van der Waals surface area contributed by atoms with E-state index in [9.17, 15) is 9.59 Å². The quantitative estimate of drug-likeness (QED) is 0.774. The molecule has 1 saturated heterocycles. The molecule has 6 nitrogen and oxygen atoms in total. The van der Waals surface area contributed by atoms with E-state index in [1.807, 2.05) is 34.5 Å². The van der Waals surface area contributed by atoms with Crippen molar-refractivity contribution in [2.24, 2.45) is 0 Å². The summed E-state index contributed by atoms with van der Waals surface area (Å²) in [4.78, 5) is 35.8.